The molecule has 0 aliphatic carbocycles. The Bertz CT molecular complexity index is 425. The Morgan fingerprint density at radius 1 is 1.19 bits per heavy atom. The Labute approximate surface area is 137 Å². The van der Waals surface area contributed by atoms with Crippen LogP contribution in [0.3, 0.4) is 0 Å². The van der Waals surface area contributed by atoms with Gasteiger partial charge in [-0.2, -0.15) is 0 Å². The molecule has 0 saturated heterocycles. The maximum absolute atomic E-state index is 10.0. The zero-order valence-electron chi connectivity index (χ0n) is 13.7. The van der Waals surface area contributed by atoms with Crippen LogP contribution in [-0.2, 0) is 4.74 Å². The van der Waals surface area contributed by atoms with Crippen LogP contribution in [0.2, 0.25) is 0 Å². The third-order valence-corrected chi connectivity index (χ3v) is 3.85. The molecule has 0 amide bonds. The van der Waals surface area contributed by atoms with Crippen LogP contribution >= 0.6 is 15.9 Å². The van der Waals surface area contributed by atoms with Gasteiger partial charge in [0.1, 0.15) is 0 Å². The highest BCUT2D eigenvalue weighted by Gasteiger charge is 2.11. The second-order valence-corrected chi connectivity index (χ2v) is 7.14. The van der Waals surface area contributed by atoms with Crippen LogP contribution < -0.4 is 5.32 Å². The summed E-state index contributed by atoms with van der Waals surface area (Å²) in [6.07, 6.45) is 0.711. The number of halogens is 1. The van der Waals surface area contributed by atoms with Crippen molar-refractivity contribution in [2.24, 2.45) is 5.92 Å². The fourth-order valence-corrected chi connectivity index (χ4v) is 3.16. The number of aryl methyl sites for hydroxylation is 2. The Morgan fingerprint density at radius 2 is 1.76 bits per heavy atom. The summed E-state index contributed by atoms with van der Waals surface area (Å²) in [7, 11) is 0. The standard InChI is InChI=1S/C17H28BrNO2/c1-11(2)6-14(5)21-10-16(20)9-19-17-12(3)7-15(18)8-13(17)4/h7-8,11,14,16,19-20H,6,9-10H2,1-5H3. The summed E-state index contributed by atoms with van der Waals surface area (Å²) in [5.41, 5.74) is 3.43. The van der Waals surface area contributed by atoms with E-state index in [1.807, 2.05) is 0 Å². The highest BCUT2D eigenvalue weighted by atomic mass is 79.9. The van der Waals surface area contributed by atoms with Gasteiger partial charge < -0.3 is 15.2 Å². The molecule has 0 bridgehead atoms. The molecule has 0 aliphatic heterocycles. The molecule has 0 heterocycles. The van der Waals surface area contributed by atoms with E-state index in [0.717, 1.165) is 16.6 Å². The summed E-state index contributed by atoms with van der Waals surface area (Å²) in [5.74, 6) is 0.614. The normalized spacial score (nSPS) is 14.3. The number of nitrogens with one attached hydrogen (secondary N) is 1. The van der Waals surface area contributed by atoms with Crippen molar-refractivity contribution < 1.29 is 9.84 Å². The highest BCUT2D eigenvalue weighted by Crippen LogP contribution is 2.25. The van der Waals surface area contributed by atoms with Gasteiger partial charge in [-0.15, -0.1) is 0 Å². The first-order valence-corrected chi connectivity index (χ1v) is 8.39. The number of ether oxygens (including phenoxy) is 1. The van der Waals surface area contributed by atoms with Crippen molar-refractivity contribution in [2.75, 3.05) is 18.5 Å². The number of hydrogen-bond acceptors (Lipinski definition) is 3. The van der Waals surface area contributed by atoms with E-state index in [-0.39, 0.29) is 6.10 Å². The minimum Gasteiger partial charge on any atom is -0.389 e. The Balaban J connectivity index is 2.41. The van der Waals surface area contributed by atoms with Crippen LogP contribution in [0.15, 0.2) is 16.6 Å². The fourth-order valence-electron chi connectivity index (χ4n) is 2.48. The molecule has 21 heavy (non-hydrogen) atoms. The van der Waals surface area contributed by atoms with Crippen LogP contribution in [0.1, 0.15) is 38.3 Å². The molecule has 0 saturated carbocycles. The summed E-state index contributed by atoms with van der Waals surface area (Å²) in [4.78, 5) is 0. The lowest BCUT2D eigenvalue weighted by molar-refractivity contribution is -0.00444. The first-order valence-electron chi connectivity index (χ1n) is 7.59. The molecule has 4 heteroatoms. The minimum absolute atomic E-state index is 0.191. The van der Waals surface area contributed by atoms with E-state index in [2.05, 4.69) is 68.0 Å². The van der Waals surface area contributed by atoms with Crippen molar-refractivity contribution in [2.45, 2.75) is 53.2 Å². The maximum atomic E-state index is 10.0. The molecule has 1 aromatic carbocycles. The molecule has 3 nitrogen and oxygen atoms in total. The number of benzene rings is 1. The largest absolute Gasteiger partial charge is 0.389 e. The zero-order valence-corrected chi connectivity index (χ0v) is 15.3. The van der Waals surface area contributed by atoms with E-state index in [4.69, 9.17) is 4.74 Å². The molecule has 1 rings (SSSR count). The quantitative estimate of drug-likeness (QED) is 0.728. The molecule has 2 unspecified atom stereocenters. The van der Waals surface area contributed by atoms with Crippen molar-refractivity contribution in [1.29, 1.82) is 0 Å². The molecule has 1 aromatic rings. The Hall–Kier alpha value is -0.580. The van der Waals surface area contributed by atoms with Crippen LogP contribution in [0.25, 0.3) is 0 Å². The molecular formula is C17H28BrNO2. The van der Waals surface area contributed by atoms with Gasteiger partial charge in [0.15, 0.2) is 0 Å². The molecule has 120 valence electrons. The average Bonchev–Trinajstić information content (AvgIpc) is 2.34. The van der Waals surface area contributed by atoms with Gasteiger partial charge in [-0.05, 0) is 56.4 Å². The molecule has 0 spiro atoms. The fraction of sp³-hybridized carbons (Fsp3) is 0.647. The lowest BCUT2D eigenvalue weighted by Crippen LogP contribution is -2.27. The van der Waals surface area contributed by atoms with Gasteiger partial charge in [-0.3, -0.25) is 0 Å². The number of anilines is 1. The van der Waals surface area contributed by atoms with E-state index < -0.39 is 6.10 Å². The van der Waals surface area contributed by atoms with Crippen molar-refractivity contribution >= 4 is 21.6 Å². The van der Waals surface area contributed by atoms with E-state index in [1.165, 1.54) is 11.1 Å². The van der Waals surface area contributed by atoms with Gasteiger partial charge in [0.25, 0.3) is 0 Å². The lowest BCUT2D eigenvalue weighted by Gasteiger charge is -2.20. The molecule has 0 aliphatic rings. The van der Waals surface area contributed by atoms with Gasteiger partial charge >= 0.3 is 0 Å². The van der Waals surface area contributed by atoms with Crippen LogP contribution in [0.4, 0.5) is 5.69 Å². The third-order valence-electron chi connectivity index (χ3n) is 3.39. The number of rotatable bonds is 8. The zero-order chi connectivity index (χ0) is 16.0. The molecule has 0 fully saturated rings. The van der Waals surface area contributed by atoms with Crippen LogP contribution in [0.5, 0.6) is 0 Å². The summed E-state index contributed by atoms with van der Waals surface area (Å²) in [6.45, 7) is 11.4. The monoisotopic (exact) mass is 357 g/mol. The molecule has 0 radical (unpaired) electrons. The topological polar surface area (TPSA) is 41.5 Å². The number of hydrogen-bond donors (Lipinski definition) is 2. The summed E-state index contributed by atoms with van der Waals surface area (Å²) >= 11 is 3.49. The van der Waals surface area contributed by atoms with Crippen molar-refractivity contribution in [3.63, 3.8) is 0 Å². The van der Waals surface area contributed by atoms with Crippen LogP contribution in [-0.4, -0.2) is 30.5 Å². The first kappa shape index (κ1) is 18.5. The van der Waals surface area contributed by atoms with Crippen molar-refractivity contribution in [3.05, 3.63) is 27.7 Å². The highest BCUT2D eigenvalue weighted by molar-refractivity contribution is 9.10. The summed E-state index contributed by atoms with van der Waals surface area (Å²) < 4.78 is 6.76. The predicted octanol–water partition coefficient (Wildman–Crippen LogP) is 4.29. The van der Waals surface area contributed by atoms with E-state index in [1.54, 1.807) is 0 Å². The summed E-state index contributed by atoms with van der Waals surface area (Å²) in [6, 6.07) is 4.14. The third kappa shape index (κ3) is 6.81. The van der Waals surface area contributed by atoms with Gasteiger partial charge in [0.05, 0.1) is 18.8 Å². The SMILES string of the molecule is Cc1cc(Br)cc(C)c1NCC(O)COC(C)CC(C)C. The van der Waals surface area contributed by atoms with E-state index in [9.17, 15) is 5.11 Å². The molecule has 0 aromatic heterocycles. The minimum atomic E-state index is -0.498. The predicted molar refractivity (Wildman–Crippen MR) is 93.0 cm³/mol. The first-order chi connectivity index (χ1) is 9.79. The van der Waals surface area contributed by atoms with Crippen LogP contribution in [0, 0.1) is 19.8 Å². The average molecular weight is 358 g/mol. The maximum Gasteiger partial charge on any atom is 0.0945 e. The number of aliphatic hydroxyl groups excluding tert-OH is 1. The smallest absolute Gasteiger partial charge is 0.0945 e. The molecular weight excluding hydrogens is 330 g/mol. The molecule has 2 atom stereocenters. The Kier molecular flexibility index (Phi) is 7.71. The second kappa shape index (κ2) is 8.76. The van der Waals surface area contributed by atoms with Crippen molar-refractivity contribution in [3.8, 4) is 0 Å². The summed E-state index contributed by atoms with van der Waals surface area (Å²) in [5, 5.41) is 13.4. The van der Waals surface area contributed by atoms with Gasteiger partial charge in [-0.25, -0.2) is 0 Å². The number of aliphatic hydroxyl groups is 1. The van der Waals surface area contributed by atoms with E-state index >= 15 is 0 Å². The van der Waals surface area contributed by atoms with Gasteiger partial charge in [-0.1, -0.05) is 29.8 Å². The lowest BCUT2D eigenvalue weighted by atomic mass is 10.1. The van der Waals surface area contributed by atoms with E-state index in [0.29, 0.717) is 19.1 Å². The van der Waals surface area contributed by atoms with Crippen molar-refractivity contribution in [1.82, 2.24) is 0 Å². The van der Waals surface area contributed by atoms with Gasteiger partial charge in [0, 0.05) is 16.7 Å². The Morgan fingerprint density at radius 3 is 2.29 bits per heavy atom. The van der Waals surface area contributed by atoms with Gasteiger partial charge in [0.2, 0.25) is 0 Å². The molecule has 2 N–H and O–H groups in total. The second-order valence-electron chi connectivity index (χ2n) is 6.22.